The lowest BCUT2D eigenvalue weighted by Crippen LogP contribution is -2.13. The van der Waals surface area contributed by atoms with E-state index in [2.05, 4.69) is 56.3 Å². The second kappa shape index (κ2) is 11.6. The third-order valence-corrected chi connectivity index (χ3v) is 4.93. The van der Waals surface area contributed by atoms with Crippen LogP contribution in [0.1, 0.15) is 65.2 Å². The van der Waals surface area contributed by atoms with E-state index in [1.165, 1.54) is 0 Å². The molecule has 1 rings (SSSR count). The summed E-state index contributed by atoms with van der Waals surface area (Å²) < 4.78 is 1.50. The highest BCUT2D eigenvalue weighted by atomic mass is 79.9. The summed E-state index contributed by atoms with van der Waals surface area (Å²) in [6.07, 6.45) is 7.13. The van der Waals surface area contributed by atoms with Gasteiger partial charge in [0.2, 0.25) is 11.8 Å². The Kier molecular flexibility index (Phi) is 10.3. The number of nitrogens with one attached hydrogen (secondary N) is 2. The van der Waals surface area contributed by atoms with Crippen molar-refractivity contribution in [2.45, 2.75) is 65.2 Å². The molecule has 0 saturated carbocycles. The molecule has 2 N–H and O–H groups in total. The standard InChI is InChI=1S/C18H26Br2N2O2/c1-3-5-7-9-17(23)21-15-11-14(20)16(12-13(15)19)22-18(24)10-8-6-4-2/h11-12H,3-10H2,1-2H3,(H,21,23)(H,22,24). The average Bonchev–Trinajstić information content (AvgIpc) is 2.52. The van der Waals surface area contributed by atoms with Crippen molar-refractivity contribution < 1.29 is 9.59 Å². The summed E-state index contributed by atoms with van der Waals surface area (Å²) in [4.78, 5) is 23.9. The van der Waals surface area contributed by atoms with Gasteiger partial charge < -0.3 is 10.6 Å². The lowest BCUT2D eigenvalue weighted by molar-refractivity contribution is -0.117. The zero-order chi connectivity index (χ0) is 17.9. The Morgan fingerprint density at radius 3 is 1.50 bits per heavy atom. The number of hydrogen-bond acceptors (Lipinski definition) is 2. The molecule has 0 aromatic heterocycles. The molecule has 2 amide bonds. The SMILES string of the molecule is CCCCCC(=O)Nc1cc(Br)c(NC(=O)CCCCC)cc1Br. The molecule has 0 heterocycles. The van der Waals surface area contributed by atoms with Crippen LogP contribution in [0.15, 0.2) is 21.1 Å². The average molecular weight is 462 g/mol. The molecule has 0 spiro atoms. The highest BCUT2D eigenvalue weighted by Gasteiger charge is 2.11. The predicted molar refractivity (Wildman–Crippen MR) is 107 cm³/mol. The first-order valence-corrected chi connectivity index (χ1v) is 10.1. The van der Waals surface area contributed by atoms with Crippen molar-refractivity contribution in [3.05, 3.63) is 21.1 Å². The maximum absolute atomic E-state index is 11.9. The van der Waals surface area contributed by atoms with Gasteiger partial charge in [0, 0.05) is 21.8 Å². The van der Waals surface area contributed by atoms with E-state index in [1.54, 1.807) is 0 Å². The Balaban J connectivity index is 2.65. The van der Waals surface area contributed by atoms with Crippen molar-refractivity contribution in [2.75, 3.05) is 10.6 Å². The molecular formula is C18H26Br2N2O2. The molecule has 1 aromatic carbocycles. The fourth-order valence-corrected chi connectivity index (χ4v) is 3.12. The number of carbonyl (C=O) groups is 2. The Morgan fingerprint density at radius 1 is 0.792 bits per heavy atom. The summed E-state index contributed by atoms with van der Waals surface area (Å²) >= 11 is 6.92. The molecule has 0 aliphatic heterocycles. The molecule has 0 atom stereocenters. The van der Waals surface area contributed by atoms with Gasteiger partial charge in [-0.05, 0) is 56.8 Å². The molecule has 0 saturated heterocycles. The Bertz CT molecular complexity index is 512. The molecule has 0 aliphatic rings. The maximum atomic E-state index is 11.9. The van der Waals surface area contributed by atoms with Crippen LogP contribution in [0.2, 0.25) is 0 Å². The van der Waals surface area contributed by atoms with E-state index < -0.39 is 0 Å². The fraction of sp³-hybridized carbons (Fsp3) is 0.556. The summed E-state index contributed by atoms with van der Waals surface area (Å²) in [5.74, 6) is 0.0137. The molecule has 0 aliphatic carbocycles. The molecule has 6 heteroatoms. The predicted octanol–water partition coefficient (Wildman–Crippen LogP) is 6.25. The minimum atomic E-state index is 0.00685. The lowest BCUT2D eigenvalue weighted by Gasteiger charge is -2.12. The van der Waals surface area contributed by atoms with Gasteiger partial charge in [-0.15, -0.1) is 0 Å². The molecule has 0 unspecified atom stereocenters. The van der Waals surface area contributed by atoms with E-state index in [-0.39, 0.29) is 11.8 Å². The van der Waals surface area contributed by atoms with Gasteiger partial charge in [-0.25, -0.2) is 0 Å². The number of rotatable bonds is 10. The first kappa shape index (κ1) is 21.2. The first-order chi connectivity index (χ1) is 11.5. The minimum Gasteiger partial charge on any atom is -0.325 e. The van der Waals surface area contributed by atoms with Gasteiger partial charge in [-0.3, -0.25) is 9.59 Å². The quantitative estimate of drug-likeness (QED) is 0.404. The summed E-state index contributed by atoms with van der Waals surface area (Å²) in [5.41, 5.74) is 1.40. The summed E-state index contributed by atoms with van der Waals surface area (Å²) in [6.45, 7) is 4.22. The van der Waals surface area contributed by atoms with Gasteiger partial charge in [-0.2, -0.15) is 0 Å². The second-order valence-electron chi connectivity index (χ2n) is 5.82. The molecule has 24 heavy (non-hydrogen) atoms. The van der Waals surface area contributed by atoms with E-state index in [4.69, 9.17) is 0 Å². The van der Waals surface area contributed by atoms with Crippen molar-refractivity contribution >= 4 is 55.0 Å². The van der Waals surface area contributed by atoms with Crippen LogP contribution in [-0.4, -0.2) is 11.8 Å². The maximum Gasteiger partial charge on any atom is 0.224 e. The Labute approximate surface area is 161 Å². The number of unbranched alkanes of at least 4 members (excludes halogenated alkanes) is 4. The summed E-state index contributed by atoms with van der Waals surface area (Å²) in [7, 11) is 0. The molecule has 0 radical (unpaired) electrons. The highest BCUT2D eigenvalue weighted by Crippen LogP contribution is 2.33. The van der Waals surface area contributed by atoms with E-state index >= 15 is 0 Å². The highest BCUT2D eigenvalue weighted by molar-refractivity contribution is 9.11. The number of benzene rings is 1. The second-order valence-corrected chi connectivity index (χ2v) is 7.53. The number of amides is 2. The third kappa shape index (κ3) is 7.79. The van der Waals surface area contributed by atoms with E-state index in [0.717, 1.165) is 47.5 Å². The molecule has 4 nitrogen and oxygen atoms in total. The Hall–Kier alpha value is -0.880. The van der Waals surface area contributed by atoms with Crippen molar-refractivity contribution in [2.24, 2.45) is 0 Å². The van der Waals surface area contributed by atoms with Crippen LogP contribution in [0.5, 0.6) is 0 Å². The zero-order valence-corrected chi connectivity index (χ0v) is 17.6. The normalized spacial score (nSPS) is 10.5. The van der Waals surface area contributed by atoms with Crippen LogP contribution < -0.4 is 10.6 Å². The van der Waals surface area contributed by atoms with E-state index in [9.17, 15) is 9.59 Å². The summed E-state index contributed by atoms with van der Waals surface area (Å²) in [5, 5.41) is 5.81. The molecule has 1 aromatic rings. The van der Waals surface area contributed by atoms with Crippen LogP contribution in [-0.2, 0) is 9.59 Å². The smallest absolute Gasteiger partial charge is 0.224 e. The monoisotopic (exact) mass is 460 g/mol. The van der Waals surface area contributed by atoms with Crippen LogP contribution >= 0.6 is 31.9 Å². The summed E-state index contributed by atoms with van der Waals surface area (Å²) in [6, 6.07) is 3.62. The van der Waals surface area contributed by atoms with Gasteiger partial charge >= 0.3 is 0 Å². The van der Waals surface area contributed by atoms with Crippen LogP contribution in [0, 0.1) is 0 Å². The van der Waals surface area contributed by atoms with E-state index in [1.807, 2.05) is 12.1 Å². The van der Waals surface area contributed by atoms with Crippen molar-refractivity contribution in [3.8, 4) is 0 Å². The number of hydrogen-bond donors (Lipinski definition) is 2. The van der Waals surface area contributed by atoms with Crippen molar-refractivity contribution in [3.63, 3.8) is 0 Å². The number of anilines is 2. The first-order valence-electron chi connectivity index (χ1n) is 8.56. The van der Waals surface area contributed by atoms with Gasteiger partial charge in [0.1, 0.15) is 0 Å². The number of halogens is 2. The van der Waals surface area contributed by atoms with Crippen LogP contribution in [0.3, 0.4) is 0 Å². The zero-order valence-electron chi connectivity index (χ0n) is 14.4. The fourth-order valence-electron chi connectivity index (χ4n) is 2.23. The largest absolute Gasteiger partial charge is 0.325 e. The minimum absolute atomic E-state index is 0.00685. The van der Waals surface area contributed by atoms with Gasteiger partial charge in [-0.1, -0.05) is 39.5 Å². The van der Waals surface area contributed by atoms with Crippen molar-refractivity contribution in [1.29, 1.82) is 0 Å². The van der Waals surface area contributed by atoms with Crippen LogP contribution in [0.25, 0.3) is 0 Å². The lowest BCUT2D eigenvalue weighted by atomic mass is 10.2. The van der Waals surface area contributed by atoms with E-state index in [0.29, 0.717) is 24.2 Å². The Morgan fingerprint density at radius 2 is 1.17 bits per heavy atom. The van der Waals surface area contributed by atoms with Crippen LogP contribution in [0.4, 0.5) is 11.4 Å². The topological polar surface area (TPSA) is 58.2 Å². The third-order valence-electron chi connectivity index (χ3n) is 3.62. The molecule has 134 valence electrons. The molecular weight excluding hydrogens is 436 g/mol. The molecule has 0 bridgehead atoms. The number of carbonyl (C=O) groups excluding carboxylic acids is 2. The van der Waals surface area contributed by atoms with Gasteiger partial charge in [0.05, 0.1) is 11.4 Å². The van der Waals surface area contributed by atoms with Gasteiger partial charge in [0.25, 0.3) is 0 Å². The molecule has 0 fully saturated rings. The van der Waals surface area contributed by atoms with Gasteiger partial charge in [0.15, 0.2) is 0 Å². The van der Waals surface area contributed by atoms with Crippen molar-refractivity contribution in [1.82, 2.24) is 0 Å².